The van der Waals surface area contributed by atoms with E-state index in [9.17, 15) is 0 Å². The summed E-state index contributed by atoms with van der Waals surface area (Å²) in [4.78, 5) is 0. The lowest BCUT2D eigenvalue weighted by atomic mass is 10.1. The third-order valence-corrected chi connectivity index (χ3v) is 2.86. The Hall–Kier alpha value is -1.02. The first kappa shape index (κ1) is 13.0. The zero-order valence-corrected chi connectivity index (χ0v) is 10.4. The molecule has 2 heteroatoms. The fourth-order valence-electron chi connectivity index (χ4n) is 1.75. The minimum Gasteiger partial charge on any atom is -0.494 e. The van der Waals surface area contributed by atoms with Crippen molar-refractivity contribution in [3.63, 3.8) is 0 Å². The summed E-state index contributed by atoms with van der Waals surface area (Å²) in [7, 11) is 2.04. The molecule has 1 N–H and O–H groups in total. The molecular formula is C14H23NO. The average Bonchev–Trinajstić information content (AvgIpc) is 2.35. The number of unbranched alkanes of at least 4 members (excludes halogenated alkanes) is 1. The molecule has 0 radical (unpaired) electrons. The molecule has 0 saturated carbocycles. The molecule has 0 aliphatic carbocycles. The zero-order valence-electron chi connectivity index (χ0n) is 10.4. The van der Waals surface area contributed by atoms with Crippen molar-refractivity contribution in [3.05, 3.63) is 30.3 Å². The Bertz CT molecular complexity index is 257. The van der Waals surface area contributed by atoms with E-state index in [2.05, 4.69) is 12.2 Å². The molecule has 1 rings (SSSR count). The monoisotopic (exact) mass is 221 g/mol. The molecule has 90 valence electrons. The SMILES string of the molecule is CCC(CCCCOc1ccccc1)NC. The standard InChI is InChI=1S/C14H23NO/c1-3-13(15-2)9-7-8-12-16-14-10-5-4-6-11-14/h4-6,10-11,13,15H,3,7-9,12H2,1-2H3. The number of nitrogens with one attached hydrogen (secondary N) is 1. The van der Waals surface area contributed by atoms with Gasteiger partial charge in [0.05, 0.1) is 6.61 Å². The van der Waals surface area contributed by atoms with Gasteiger partial charge in [0.1, 0.15) is 5.75 Å². The summed E-state index contributed by atoms with van der Waals surface area (Å²) in [5.41, 5.74) is 0. The maximum atomic E-state index is 5.63. The van der Waals surface area contributed by atoms with Gasteiger partial charge in [-0.1, -0.05) is 25.1 Å². The van der Waals surface area contributed by atoms with Crippen LogP contribution in [0.2, 0.25) is 0 Å². The fourth-order valence-corrected chi connectivity index (χ4v) is 1.75. The molecule has 2 nitrogen and oxygen atoms in total. The number of benzene rings is 1. The van der Waals surface area contributed by atoms with Crippen molar-refractivity contribution in [2.75, 3.05) is 13.7 Å². The molecule has 1 unspecified atom stereocenters. The van der Waals surface area contributed by atoms with Crippen LogP contribution in [-0.4, -0.2) is 19.7 Å². The fraction of sp³-hybridized carbons (Fsp3) is 0.571. The maximum Gasteiger partial charge on any atom is 0.119 e. The Morgan fingerprint density at radius 3 is 2.56 bits per heavy atom. The quantitative estimate of drug-likeness (QED) is 0.680. The van der Waals surface area contributed by atoms with E-state index < -0.39 is 0 Å². The molecule has 0 aliphatic rings. The maximum absolute atomic E-state index is 5.63. The highest BCUT2D eigenvalue weighted by Crippen LogP contribution is 2.10. The molecular weight excluding hydrogens is 198 g/mol. The van der Waals surface area contributed by atoms with Crippen molar-refractivity contribution >= 4 is 0 Å². The number of hydrogen-bond acceptors (Lipinski definition) is 2. The van der Waals surface area contributed by atoms with Crippen LogP contribution in [0.15, 0.2) is 30.3 Å². The van der Waals surface area contributed by atoms with Gasteiger partial charge in [0, 0.05) is 6.04 Å². The van der Waals surface area contributed by atoms with Crippen molar-refractivity contribution in [2.24, 2.45) is 0 Å². The predicted octanol–water partition coefficient (Wildman–Crippen LogP) is 3.23. The summed E-state index contributed by atoms with van der Waals surface area (Å²) >= 11 is 0. The second-order valence-corrected chi connectivity index (χ2v) is 4.05. The van der Waals surface area contributed by atoms with Crippen LogP contribution in [0.25, 0.3) is 0 Å². The molecule has 1 atom stereocenters. The largest absolute Gasteiger partial charge is 0.494 e. The number of hydrogen-bond donors (Lipinski definition) is 1. The van der Waals surface area contributed by atoms with Crippen molar-refractivity contribution in [2.45, 2.75) is 38.6 Å². The Balaban J connectivity index is 2.04. The Morgan fingerprint density at radius 2 is 1.94 bits per heavy atom. The summed E-state index contributed by atoms with van der Waals surface area (Å²) in [6.07, 6.45) is 4.81. The van der Waals surface area contributed by atoms with Crippen LogP contribution >= 0.6 is 0 Å². The van der Waals surface area contributed by atoms with E-state index in [-0.39, 0.29) is 0 Å². The van der Waals surface area contributed by atoms with Gasteiger partial charge in [-0.15, -0.1) is 0 Å². The van der Waals surface area contributed by atoms with Gasteiger partial charge in [-0.05, 0) is 44.9 Å². The van der Waals surface area contributed by atoms with E-state index in [1.165, 1.54) is 19.3 Å². The third-order valence-electron chi connectivity index (χ3n) is 2.86. The summed E-state index contributed by atoms with van der Waals surface area (Å²) in [5.74, 6) is 0.975. The molecule has 0 amide bonds. The highest BCUT2D eigenvalue weighted by atomic mass is 16.5. The first-order chi connectivity index (χ1) is 7.86. The van der Waals surface area contributed by atoms with E-state index in [1.807, 2.05) is 37.4 Å². The molecule has 16 heavy (non-hydrogen) atoms. The predicted molar refractivity (Wildman–Crippen MR) is 68.9 cm³/mol. The Labute approximate surface area is 99.0 Å². The number of para-hydroxylation sites is 1. The van der Waals surface area contributed by atoms with Gasteiger partial charge in [-0.25, -0.2) is 0 Å². The van der Waals surface area contributed by atoms with Gasteiger partial charge in [0.25, 0.3) is 0 Å². The summed E-state index contributed by atoms with van der Waals surface area (Å²) in [5, 5.41) is 3.32. The molecule has 1 aromatic carbocycles. The van der Waals surface area contributed by atoms with Gasteiger partial charge in [0.15, 0.2) is 0 Å². The third kappa shape index (κ3) is 5.17. The molecule has 0 fully saturated rings. The first-order valence-electron chi connectivity index (χ1n) is 6.22. The van der Waals surface area contributed by atoms with Crippen LogP contribution in [0, 0.1) is 0 Å². The van der Waals surface area contributed by atoms with Crippen LogP contribution in [-0.2, 0) is 0 Å². The Morgan fingerprint density at radius 1 is 1.19 bits per heavy atom. The van der Waals surface area contributed by atoms with Gasteiger partial charge >= 0.3 is 0 Å². The lowest BCUT2D eigenvalue weighted by molar-refractivity contribution is 0.301. The van der Waals surface area contributed by atoms with Crippen LogP contribution in [0.5, 0.6) is 5.75 Å². The molecule has 0 bridgehead atoms. The minimum absolute atomic E-state index is 0.664. The zero-order chi connectivity index (χ0) is 11.6. The normalized spacial score (nSPS) is 12.4. The average molecular weight is 221 g/mol. The van der Waals surface area contributed by atoms with Crippen LogP contribution < -0.4 is 10.1 Å². The molecule has 0 aromatic heterocycles. The highest BCUT2D eigenvalue weighted by Gasteiger charge is 2.01. The number of rotatable bonds is 8. The molecule has 0 aliphatic heterocycles. The molecule has 0 saturated heterocycles. The smallest absolute Gasteiger partial charge is 0.119 e. The minimum atomic E-state index is 0.664. The van der Waals surface area contributed by atoms with Gasteiger partial charge in [0.2, 0.25) is 0 Å². The van der Waals surface area contributed by atoms with Crippen molar-refractivity contribution < 1.29 is 4.74 Å². The second kappa shape index (κ2) is 8.17. The summed E-state index contributed by atoms with van der Waals surface area (Å²) in [6, 6.07) is 10.7. The second-order valence-electron chi connectivity index (χ2n) is 4.05. The Kier molecular flexibility index (Phi) is 6.66. The molecule has 0 spiro atoms. The van der Waals surface area contributed by atoms with Crippen molar-refractivity contribution in [1.82, 2.24) is 5.32 Å². The van der Waals surface area contributed by atoms with Gasteiger partial charge < -0.3 is 10.1 Å². The van der Waals surface area contributed by atoms with Crippen LogP contribution in [0.4, 0.5) is 0 Å². The van der Waals surface area contributed by atoms with E-state index >= 15 is 0 Å². The van der Waals surface area contributed by atoms with E-state index in [0.717, 1.165) is 18.8 Å². The summed E-state index contributed by atoms with van der Waals surface area (Å²) in [6.45, 7) is 3.05. The molecule has 1 aromatic rings. The lowest BCUT2D eigenvalue weighted by Gasteiger charge is -2.13. The highest BCUT2D eigenvalue weighted by molar-refractivity contribution is 5.20. The lowest BCUT2D eigenvalue weighted by Crippen LogP contribution is -2.23. The van der Waals surface area contributed by atoms with Crippen LogP contribution in [0.3, 0.4) is 0 Å². The topological polar surface area (TPSA) is 21.3 Å². The summed E-state index contributed by atoms with van der Waals surface area (Å²) < 4.78 is 5.63. The van der Waals surface area contributed by atoms with Gasteiger partial charge in [-0.2, -0.15) is 0 Å². The van der Waals surface area contributed by atoms with Crippen molar-refractivity contribution in [3.8, 4) is 5.75 Å². The number of ether oxygens (including phenoxy) is 1. The van der Waals surface area contributed by atoms with Crippen LogP contribution in [0.1, 0.15) is 32.6 Å². The molecule has 0 heterocycles. The first-order valence-corrected chi connectivity index (χ1v) is 6.22. The van der Waals surface area contributed by atoms with E-state index in [0.29, 0.717) is 6.04 Å². The van der Waals surface area contributed by atoms with Crippen molar-refractivity contribution in [1.29, 1.82) is 0 Å². The van der Waals surface area contributed by atoms with E-state index in [4.69, 9.17) is 4.74 Å². The van der Waals surface area contributed by atoms with E-state index in [1.54, 1.807) is 0 Å². The van der Waals surface area contributed by atoms with Gasteiger partial charge in [-0.3, -0.25) is 0 Å².